The lowest BCUT2D eigenvalue weighted by molar-refractivity contribution is 0.269. The number of rotatable bonds is 4. The summed E-state index contributed by atoms with van der Waals surface area (Å²) in [4.78, 5) is 0. The minimum Gasteiger partial charge on any atom is -0.486 e. The highest BCUT2D eigenvalue weighted by Crippen LogP contribution is 2.32. The Balaban J connectivity index is 2.47. The number of fused-ring (bicyclic) bond motifs is 1. The summed E-state index contributed by atoms with van der Waals surface area (Å²) in [6, 6.07) is 7.44. The second-order valence-electron chi connectivity index (χ2n) is 3.09. The molecule has 3 nitrogen and oxygen atoms in total. The summed E-state index contributed by atoms with van der Waals surface area (Å²) in [6.07, 6.45) is 0. The molecule has 0 spiro atoms. The summed E-state index contributed by atoms with van der Waals surface area (Å²) >= 11 is 0. The van der Waals surface area contributed by atoms with Crippen molar-refractivity contribution in [1.82, 2.24) is 0 Å². The maximum Gasteiger partial charge on any atom is 0.169 e. The highest BCUT2D eigenvalue weighted by Gasteiger charge is 2.13. The summed E-state index contributed by atoms with van der Waals surface area (Å²) in [7, 11) is 0. The molecule has 15 heavy (non-hydrogen) atoms. The molecule has 0 radical (unpaired) electrons. The Morgan fingerprint density at radius 3 is 2.87 bits per heavy atom. The van der Waals surface area contributed by atoms with Crippen LogP contribution in [0, 0.1) is 0 Å². The summed E-state index contributed by atoms with van der Waals surface area (Å²) in [5.74, 6) is 1.12. The van der Waals surface area contributed by atoms with Crippen molar-refractivity contribution in [3.63, 3.8) is 0 Å². The van der Waals surface area contributed by atoms with Crippen molar-refractivity contribution in [2.24, 2.45) is 5.73 Å². The van der Waals surface area contributed by atoms with Gasteiger partial charge in [-0.3, -0.25) is 0 Å². The van der Waals surface area contributed by atoms with Crippen LogP contribution in [0.1, 0.15) is 5.76 Å². The number of benzene rings is 1. The molecule has 0 unspecified atom stereocenters. The molecule has 0 fully saturated rings. The summed E-state index contributed by atoms with van der Waals surface area (Å²) in [5, 5.41) is 0.839. The molecule has 2 N–H and O–H groups in total. The van der Waals surface area contributed by atoms with Gasteiger partial charge < -0.3 is 14.9 Å². The van der Waals surface area contributed by atoms with E-state index in [9.17, 15) is 4.39 Å². The number of hydrogen-bond acceptors (Lipinski definition) is 3. The molecule has 2 rings (SSSR count). The molecule has 0 atom stereocenters. The molecule has 0 bridgehead atoms. The third-order valence-corrected chi connectivity index (χ3v) is 2.13. The third kappa shape index (κ3) is 1.80. The molecule has 1 heterocycles. The van der Waals surface area contributed by atoms with Crippen LogP contribution < -0.4 is 10.5 Å². The monoisotopic (exact) mass is 209 g/mol. The van der Waals surface area contributed by atoms with Crippen molar-refractivity contribution in [1.29, 1.82) is 0 Å². The molecule has 80 valence electrons. The van der Waals surface area contributed by atoms with Crippen LogP contribution in [0.3, 0.4) is 0 Å². The first kappa shape index (κ1) is 9.98. The number of hydrogen-bond donors (Lipinski definition) is 1. The molecule has 0 aliphatic carbocycles. The van der Waals surface area contributed by atoms with Crippen LogP contribution in [0.5, 0.6) is 5.75 Å². The molecule has 1 aromatic carbocycles. The van der Waals surface area contributed by atoms with Crippen LogP contribution in [0.4, 0.5) is 4.39 Å². The predicted molar refractivity (Wildman–Crippen MR) is 55.6 cm³/mol. The fourth-order valence-corrected chi connectivity index (χ4v) is 1.51. The standard InChI is InChI=1S/C11H12FNO2/c12-5-6-14-11-8-3-1-2-4-9(8)15-10(11)7-13/h1-4H,5-7,13H2. The smallest absolute Gasteiger partial charge is 0.169 e. The van der Waals surface area contributed by atoms with Crippen molar-refractivity contribution in [2.75, 3.05) is 13.3 Å². The van der Waals surface area contributed by atoms with E-state index in [-0.39, 0.29) is 13.2 Å². The summed E-state index contributed by atoms with van der Waals surface area (Å²) in [6.45, 7) is -0.254. The van der Waals surface area contributed by atoms with Gasteiger partial charge in [0.25, 0.3) is 0 Å². The molecule has 4 heteroatoms. The van der Waals surface area contributed by atoms with Gasteiger partial charge in [0, 0.05) is 0 Å². The minimum atomic E-state index is -0.524. The normalized spacial score (nSPS) is 10.8. The molecule has 0 saturated carbocycles. The first-order valence-electron chi connectivity index (χ1n) is 4.76. The predicted octanol–water partition coefficient (Wildman–Crippen LogP) is 2.24. The molecule has 0 saturated heterocycles. The van der Waals surface area contributed by atoms with E-state index in [4.69, 9.17) is 14.9 Å². The number of nitrogens with two attached hydrogens (primary N) is 1. The number of ether oxygens (including phenoxy) is 1. The van der Waals surface area contributed by atoms with Crippen LogP contribution in [0.2, 0.25) is 0 Å². The molecule has 1 aromatic heterocycles. The average molecular weight is 209 g/mol. The average Bonchev–Trinajstić information content (AvgIpc) is 2.64. The Hall–Kier alpha value is -1.55. The Labute approximate surface area is 86.6 Å². The maximum absolute atomic E-state index is 12.0. The number of halogens is 1. The minimum absolute atomic E-state index is 0.0243. The zero-order valence-corrected chi connectivity index (χ0v) is 8.20. The second-order valence-corrected chi connectivity index (χ2v) is 3.09. The fraction of sp³-hybridized carbons (Fsp3) is 0.273. The van der Waals surface area contributed by atoms with E-state index in [0.29, 0.717) is 17.1 Å². The van der Waals surface area contributed by atoms with Gasteiger partial charge >= 0.3 is 0 Å². The van der Waals surface area contributed by atoms with Crippen molar-refractivity contribution in [3.05, 3.63) is 30.0 Å². The van der Waals surface area contributed by atoms with Crippen molar-refractivity contribution < 1.29 is 13.5 Å². The Morgan fingerprint density at radius 1 is 1.33 bits per heavy atom. The van der Waals surface area contributed by atoms with Gasteiger partial charge in [-0.25, -0.2) is 4.39 Å². The number of para-hydroxylation sites is 1. The first-order chi connectivity index (χ1) is 7.36. The van der Waals surface area contributed by atoms with E-state index in [1.54, 1.807) is 0 Å². The Morgan fingerprint density at radius 2 is 2.13 bits per heavy atom. The zero-order chi connectivity index (χ0) is 10.7. The van der Waals surface area contributed by atoms with Crippen LogP contribution in [0.15, 0.2) is 28.7 Å². The summed E-state index contributed by atoms with van der Waals surface area (Å²) < 4.78 is 22.8. The van der Waals surface area contributed by atoms with Gasteiger partial charge in [-0.1, -0.05) is 12.1 Å². The van der Waals surface area contributed by atoms with Gasteiger partial charge in [0.15, 0.2) is 11.5 Å². The fourth-order valence-electron chi connectivity index (χ4n) is 1.51. The lowest BCUT2D eigenvalue weighted by Gasteiger charge is -2.02. The van der Waals surface area contributed by atoms with Gasteiger partial charge in [-0.05, 0) is 12.1 Å². The molecular formula is C11H12FNO2. The van der Waals surface area contributed by atoms with Crippen LogP contribution in [0.25, 0.3) is 11.0 Å². The Bertz CT molecular complexity index is 453. The van der Waals surface area contributed by atoms with Gasteiger partial charge in [-0.2, -0.15) is 0 Å². The quantitative estimate of drug-likeness (QED) is 0.840. The molecule has 0 aliphatic rings. The number of alkyl halides is 1. The molecule has 0 aliphatic heterocycles. The molecule has 2 aromatic rings. The van der Waals surface area contributed by atoms with Gasteiger partial charge in [0.1, 0.15) is 18.9 Å². The first-order valence-corrected chi connectivity index (χ1v) is 4.76. The van der Waals surface area contributed by atoms with E-state index in [1.165, 1.54) is 0 Å². The van der Waals surface area contributed by atoms with E-state index < -0.39 is 6.67 Å². The molecular weight excluding hydrogens is 197 g/mol. The third-order valence-electron chi connectivity index (χ3n) is 2.13. The summed E-state index contributed by atoms with van der Waals surface area (Å²) in [5.41, 5.74) is 6.23. The largest absolute Gasteiger partial charge is 0.486 e. The van der Waals surface area contributed by atoms with E-state index in [2.05, 4.69) is 0 Å². The van der Waals surface area contributed by atoms with Gasteiger partial charge in [0.2, 0.25) is 0 Å². The van der Waals surface area contributed by atoms with Gasteiger partial charge in [-0.15, -0.1) is 0 Å². The van der Waals surface area contributed by atoms with Crippen molar-refractivity contribution in [2.45, 2.75) is 6.54 Å². The van der Waals surface area contributed by atoms with Crippen LogP contribution in [-0.2, 0) is 6.54 Å². The molecule has 0 amide bonds. The number of furan rings is 1. The Kier molecular flexibility index (Phi) is 2.87. The van der Waals surface area contributed by atoms with Crippen LogP contribution >= 0.6 is 0 Å². The topological polar surface area (TPSA) is 48.4 Å². The van der Waals surface area contributed by atoms with E-state index in [0.717, 1.165) is 5.39 Å². The highest BCUT2D eigenvalue weighted by molar-refractivity contribution is 5.85. The van der Waals surface area contributed by atoms with E-state index in [1.807, 2.05) is 24.3 Å². The lowest BCUT2D eigenvalue weighted by atomic mass is 10.2. The van der Waals surface area contributed by atoms with E-state index >= 15 is 0 Å². The maximum atomic E-state index is 12.0. The SMILES string of the molecule is NCc1oc2ccccc2c1OCCF. The second kappa shape index (κ2) is 4.31. The van der Waals surface area contributed by atoms with Gasteiger partial charge in [0.05, 0.1) is 11.9 Å². The van der Waals surface area contributed by atoms with Crippen LogP contribution in [-0.4, -0.2) is 13.3 Å². The lowest BCUT2D eigenvalue weighted by Crippen LogP contribution is -2.02. The highest BCUT2D eigenvalue weighted by atomic mass is 19.1. The van der Waals surface area contributed by atoms with Crippen molar-refractivity contribution in [3.8, 4) is 5.75 Å². The van der Waals surface area contributed by atoms with Crippen molar-refractivity contribution >= 4 is 11.0 Å². The zero-order valence-electron chi connectivity index (χ0n) is 8.20.